The van der Waals surface area contributed by atoms with Gasteiger partial charge in [-0.25, -0.2) is 0 Å². The highest BCUT2D eigenvalue weighted by Gasteiger charge is 2.63. The predicted octanol–water partition coefficient (Wildman–Crippen LogP) is 2.83. The molecule has 0 aliphatic heterocycles. The van der Waals surface area contributed by atoms with Gasteiger partial charge < -0.3 is 14.9 Å². The molecule has 4 heteroatoms. The quantitative estimate of drug-likeness (QED) is 0.815. The van der Waals surface area contributed by atoms with Gasteiger partial charge in [-0.05, 0) is 53.5 Å². The average molecular weight is 330 g/mol. The Morgan fingerprint density at radius 2 is 1.96 bits per heavy atom. The van der Waals surface area contributed by atoms with E-state index in [9.17, 15) is 9.90 Å². The van der Waals surface area contributed by atoms with Crippen molar-refractivity contribution in [2.75, 3.05) is 13.2 Å². The molecule has 3 rings (SSSR count). The van der Waals surface area contributed by atoms with Gasteiger partial charge in [0.1, 0.15) is 18.5 Å². The van der Waals surface area contributed by atoms with E-state index in [-0.39, 0.29) is 24.0 Å². The van der Waals surface area contributed by atoms with Crippen LogP contribution in [0, 0.1) is 16.7 Å². The number of benzene rings is 1. The van der Waals surface area contributed by atoms with Gasteiger partial charge in [0.05, 0.1) is 6.61 Å². The Hall–Kier alpha value is -1.65. The molecule has 2 aliphatic carbocycles. The molecular formula is C20H26O4. The molecule has 2 fully saturated rings. The fourth-order valence-corrected chi connectivity index (χ4v) is 4.18. The molecule has 0 spiro atoms. The average Bonchev–Trinajstić information content (AvgIpc) is 2.88. The summed E-state index contributed by atoms with van der Waals surface area (Å²) in [6.45, 7) is 6.28. The first-order valence-electron chi connectivity index (χ1n) is 8.58. The Labute approximate surface area is 143 Å². The molecule has 2 bridgehead atoms. The molecule has 1 aromatic rings. The fourth-order valence-electron chi connectivity index (χ4n) is 4.18. The van der Waals surface area contributed by atoms with Crippen molar-refractivity contribution in [2.45, 2.75) is 39.7 Å². The SMILES string of the molecule is CC12CCC(C(=Cc3ccc(OCC(O)CO)cc3)C1=O)C2(C)C. The van der Waals surface area contributed by atoms with Crippen LogP contribution in [0.4, 0.5) is 0 Å². The molecule has 3 atom stereocenters. The zero-order valence-corrected chi connectivity index (χ0v) is 14.6. The molecule has 4 nitrogen and oxygen atoms in total. The summed E-state index contributed by atoms with van der Waals surface area (Å²) >= 11 is 0. The van der Waals surface area contributed by atoms with E-state index in [4.69, 9.17) is 9.84 Å². The van der Waals surface area contributed by atoms with Crippen molar-refractivity contribution in [3.63, 3.8) is 0 Å². The van der Waals surface area contributed by atoms with E-state index in [0.29, 0.717) is 17.5 Å². The maximum absolute atomic E-state index is 12.8. The van der Waals surface area contributed by atoms with Gasteiger partial charge in [0.15, 0.2) is 5.78 Å². The summed E-state index contributed by atoms with van der Waals surface area (Å²) < 4.78 is 5.41. The summed E-state index contributed by atoms with van der Waals surface area (Å²) in [6.07, 6.45) is 3.22. The van der Waals surface area contributed by atoms with Crippen LogP contribution in [0.5, 0.6) is 5.75 Å². The first-order valence-corrected chi connectivity index (χ1v) is 8.58. The first kappa shape index (κ1) is 17.2. The van der Waals surface area contributed by atoms with Crippen molar-refractivity contribution in [1.29, 1.82) is 0 Å². The van der Waals surface area contributed by atoms with Gasteiger partial charge in [0.2, 0.25) is 0 Å². The summed E-state index contributed by atoms with van der Waals surface area (Å²) in [7, 11) is 0. The number of hydrogen-bond donors (Lipinski definition) is 2. The lowest BCUT2D eigenvalue weighted by molar-refractivity contribution is -0.125. The maximum atomic E-state index is 12.8. The highest BCUT2D eigenvalue weighted by Crippen LogP contribution is 2.65. The van der Waals surface area contributed by atoms with Gasteiger partial charge in [0, 0.05) is 5.41 Å². The number of carbonyl (C=O) groups is 1. The Kier molecular flexibility index (Phi) is 4.30. The monoisotopic (exact) mass is 330 g/mol. The van der Waals surface area contributed by atoms with Crippen LogP contribution in [0.3, 0.4) is 0 Å². The van der Waals surface area contributed by atoms with Crippen LogP contribution in [-0.4, -0.2) is 35.3 Å². The number of aliphatic hydroxyl groups excluding tert-OH is 2. The molecule has 0 radical (unpaired) electrons. The van der Waals surface area contributed by atoms with Crippen molar-refractivity contribution >= 4 is 11.9 Å². The van der Waals surface area contributed by atoms with Crippen LogP contribution in [0.25, 0.3) is 6.08 Å². The van der Waals surface area contributed by atoms with Gasteiger partial charge in [-0.2, -0.15) is 0 Å². The van der Waals surface area contributed by atoms with Crippen LogP contribution in [0.2, 0.25) is 0 Å². The van der Waals surface area contributed by atoms with Gasteiger partial charge >= 0.3 is 0 Å². The zero-order chi connectivity index (χ0) is 17.5. The highest BCUT2D eigenvalue weighted by molar-refractivity contribution is 6.07. The summed E-state index contributed by atoms with van der Waals surface area (Å²) in [6, 6.07) is 7.48. The molecule has 1 aromatic carbocycles. The molecule has 0 amide bonds. The Bertz CT molecular complexity index is 659. The van der Waals surface area contributed by atoms with Crippen molar-refractivity contribution in [3.8, 4) is 5.75 Å². The minimum Gasteiger partial charge on any atom is -0.491 e. The van der Waals surface area contributed by atoms with E-state index in [1.54, 1.807) is 0 Å². The van der Waals surface area contributed by atoms with Crippen molar-refractivity contribution in [1.82, 2.24) is 0 Å². The first-order chi connectivity index (χ1) is 11.3. The highest BCUT2D eigenvalue weighted by atomic mass is 16.5. The molecule has 2 N–H and O–H groups in total. The summed E-state index contributed by atoms with van der Waals surface area (Å²) in [5.74, 6) is 1.27. The number of rotatable bonds is 5. The molecule has 2 saturated carbocycles. The second-order valence-corrected chi connectivity index (χ2v) is 7.79. The molecule has 24 heavy (non-hydrogen) atoms. The Morgan fingerprint density at radius 1 is 1.29 bits per heavy atom. The number of aliphatic hydroxyl groups is 2. The van der Waals surface area contributed by atoms with E-state index in [1.807, 2.05) is 30.3 Å². The maximum Gasteiger partial charge on any atom is 0.165 e. The van der Waals surface area contributed by atoms with E-state index in [0.717, 1.165) is 24.0 Å². The third kappa shape index (κ3) is 2.58. The van der Waals surface area contributed by atoms with Crippen LogP contribution in [0.15, 0.2) is 29.8 Å². The van der Waals surface area contributed by atoms with Crippen LogP contribution < -0.4 is 4.74 Å². The van der Waals surface area contributed by atoms with Gasteiger partial charge in [-0.3, -0.25) is 4.79 Å². The molecule has 0 heterocycles. The zero-order valence-electron chi connectivity index (χ0n) is 14.6. The minimum absolute atomic E-state index is 0.0272. The van der Waals surface area contributed by atoms with E-state index in [1.165, 1.54) is 0 Å². The number of Topliss-reactive ketones (excluding diaryl/α,β-unsaturated/α-hetero) is 1. The van der Waals surface area contributed by atoms with E-state index < -0.39 is 6.10 Å². The van der Waals surface area contributed by atoms with Crippen molar-refractivity contribution < 1.29 is 19.7 Å². The lowest BCUT2D eigenvalue weighted by Crippen LogP contribution is -2.32. The summed E-state index contributed by atoms with van der Waals surface area (Å²) in [4.78, 5) is 12.8. The number of fused-ring (bicyclic) bond motifs is 2. The fraction of sp³-hybridized carbons (Fsp3) is 0.550. The normalized spacial score (nSPS) is 30.8. The molecule has 2 aliphatic rings. The number of ketones is 1. The molecule has 130 valence electrons. The number of hydrogen-bond acceptors (Lipinski definition) is 4. The Balaban J connectivity index is 1.77. The minimum atomic E-state index is -0.874. The Morgan fingerprint density at radius 3 is 2.50 bits per heavy atom. The number of allylic oxidation sites excluding steroid dienone is 1. The summed E-state index contributed by atoms with van der Waals surface area (Å²) in [5, 5.41) is 18.1. The third-order valence-electron chi connectivity index (χ3n) is 6.22. The number of ether oxygens (including phenoxy) is 1. The second-order valence-electron chi connectivity index (χ2n) is 7.79. The molecular weight excluding hydrogens is 304 g/mol. The third-order valence-corrected chi connectivity index (χ3v) is 6.22. The lowest BCUT2D eigenvalue weighted by atomic mass is 9.70. The van der Waals surface area contributed by atoms with E-state index in [2.05, 4.69) is 20.8 Å². The number of carbonyl (C=O) groups excluding carboxylic acids is 1. The van der Waals surface area contributed by atoms with Crippen molar-refractivity contribution in [3.05, 3.63) is 35.4 Å². The topological polar surface area (TPSA) is 66.8 Å². The van der Waals surface area contributed by atoms with Gasteiger partial charge in [-0.1, -0.05) is 32.9 Å². The summed E-state index contributed by atoms with van der Waals surface area (Å²) in [5.41, 5.74) is 1.74. The smallest absolute Gasteiger partial charge is 0.165 e. The standard InChI is InChI=1S/C20H26O4/c1-19(2)17-8-9-20(19,3)18(23)16(17)10-13-4-6-15(7-5-13)24-12-14(22)11-21/h4-7,10,14,17,21-22H,8-9,11-12H2,1-3H3. The molecule has 0 aromatic heterocycles. The van der Waals surface area contributed by atoms with Gasteiger partial charge in [0.25, 0.3) is 0 Å². The molecule has 0 saturated heterocycles. The van der Waals surface area contributed by atoms with E-state index >= 15 is 0 Å². The lowest BCUT2D eigenvalue weighted by Gasteiger charge is -2.31. The largest absolute Gasteiger partial charge is 0.491 e. The van der Waals surface area contributed by atoms with Crippen LogP contribution >= 0.6 is 0 Å². The van der Waals surface area contributed by atoms with Gasteiger partial charge in [-0.15, -0.1) is 0 Å². The van der Waals surface area contributed by atoms with Crippen LogP contribution in [0.1, 0.15) is 39.2 Å². The van der Waals surface area contributed by atoms with Crippen LogP contribution in [-0.2, 0) is 4.79 Å². The predicted molar refractivity (Wildman–Crippen MR) is 92.6 cm³/mol. The van der Waals surface area contributed by atoms with Crippen molar-refractivity contribution in [2.24, 2.45) is 16.7 Å². The second kappa shape index (κ2) is 6.01. The molecule has 3 unspecified atom stereocenters.